The summed E-state index contributed by atoms with van der Waals surface area (Å²) < 4.78 is 21.0. The van der Waals surface area contributed by atoms with Crippen LogP contribution in [0.5, 0.6) is 17.2 Å². The van der Waals surface area contributed by atoms with Gasteiger partial charge < -0.3 is 29.2 Å². The zero-order valence-electron chi connectivity index (χ0n) is 17.8. The molecule has 31 heavy (non-hydrogen) atoms. The molecule has 1 saturated heterocycles. The van der Waals surface area contributed by atoms with E-state index in [1.54, 1.807) is 48.4 Å². The van der Waals surface area contributed by atoms with Gasteiger partial charge in [-0.05, 0) is 42.0 Å². The minimum atomic E-state index is -0.428. The van der Waals surface area contributed by atoms with Crippen LogP contribution >= 0.6 is 0 Å². The lowest BCUT2D eigenvalue weighted by Gasteiger charge is -2.28. The molecule has 0 radical (unpaired) electrons. The van der Waals surface area contributed by atoms with Crippen LogP contribution in [-0.4, -0.2) is 64.3 Å². The van der Waals surface area contributed by atoms with Crippen LogP contribution in [-0.2, 0) is 9.53 Å². The molecule has 0 bridgehead atoms. The minimum Gasteiger partial charge on any atom is -0.497 e. The molecule has 0 aliphatic carbocycles. The molecule has 1 N–H and O–H groups in total. The first-order chi connectivity index (χ1) is 15.0. The number of morpholine rings is 1. The summed E-state index contributed by atoms with van der Waals surface area (Å²) in [7, 11) is 4.60. The van der Waals surface area contributed by atoms with E-state index in [4.69, 9.17) is 18.9 Å². The number of hydrogen-bond acceptors (Lipinski definition) is 6. The number of methoxy groups -OCH3 is 3. The lowest BCUT2D eigenvalue weighted by molar-refractivity contribution is -0.131. The standard InChI is InChI=1S/C23H26N2O6/c1-28-18-7-4-16(5-8-18)14-19(23(27)25-10-12-31-13-11-25)24-22(26)17-6-9-20(29-2)21(15-17)30-3/h4-9,14-15H,10-13H2,1-3H3,(H,24,26)/b19-14+. The third-order valence-corrected chi connectivity index (χ3v) is 4.85. The van der Waals surface area contributed by atoms with Gasteiger partial charge in [-0.1, -0.05) is 12.1 Å². The van der Waals surface area contributed by atoms with E-state index in [1.165, 1.54) is 14.2 Å². The van der Waals surface area contributed by atoms with Crippen molar-refractivity contribution >= 4 is 17.9 Å². The average Bonchev–Trinajstić information content (AvgIpc) is 2.83. The van der Waals surface area contributed by atoms with Crippen LogP contribution in [0.3, 0.4) is 0 Å². The van der Waals surface area contributed by atoms with Gasteiger partial charge in [0, 0.05) is 18.7 Å². The summed E-state index contributed by atoms with van der Waals surface area (Å²) in [4.78, 5) is 27.7. The van der Waals surface area contributed by atoms with Crippen LogP contribution < -0.4 is 19.5 Å². The first-order valence-electron chi connectivity index (χ1n) is 9.82. The zero-order chi connectivity index (χ0) is 22.2. The Balaban J connectivity index is 1.88. The van der Waals surface area contributed by atoms with Gasteiger partial charge >= 0.3 is 0 Å². The fraction of sp³-hybridized carbons (Fsp3) is 0.304. The molecule has 1 fully saturated rings. The van der Waals surface area contributed by atoms with E-state index in [9.17, 15) is 9.59 Å². The Morgan fingerprint density at radius 1 is 0.935 bits per heavy atom. The van der Waals surface area contributed by atoms with Crippen LogP contribution in [0.25, 0.3) is 6.08 Å². The highest BCUT2D eigenvalue weighted by atomic mass is 16.5. The van der Waals surface area contributed by atoms with Crippen molar-refractivity contribution in [3.8, 4) is 17.2 Å². The van der Waals surface area contributed by atoms with Crippen molar-refractivity contribution < 1.29 is 28.5 Å². The topological polar surface area (TPSA) is 86.3 Å². The van der Waals surface area contributed by atoms with Gasteiger partial charge in [-0.15, -0.1) is 0 Å². The largest absolute Gasteiger partial charge is 0.497 e. The maximum Gasteiger partial charge on any atom is 0.270 e. The maximum absolute atomic E-state index is 13.1. The predicted octanol–water partition coefficient (Wildman–Crippen LogP) is 2.34. The summed E-state index contributed by atoms with van der Waals surface area (Å²) in [6.07, 6.45) is 1.65. The normalized spacial score (nSPS) is 14.0. The number of nitrogens with zero attached hydrogens (tertiary/aromatic N) is 1. The summed E-state index contributed by atoms with van der Waals surface area (Å²) >= 11 is 0. The molecule has 0 spiro atoms. The molecule has 2 aromatic rings. The molecular formula is C23H26N2O6. The van der Waals surface area contributed by atoms with Gasteiger partial charge in [0.25, 0.3) is 11.8 Å². The van der Waals surface area contributed by atoms with E-state index in [1.807, 2.05) is 12.1 Å². The SMILES string of the molecule is COc1ccc(/C=C(/NC(=O)c2ccc(OC)c(OC)c2)C(=O)N2CCOCC2)cc1. The van der Waals surface area contributed by atoms with Gasteiger partial charge in [0.05, 0.1) is 34.5 Å². The molecule has 0 unspecified atom stereocenters. The second kappa shape index (κ2) is 10.5. The summed E-state index contributed by atoms with van der Waals surface area (Å²) in [6.45, 7) is 1.85. The van der Waals surface area contributed by atoms with E-state index < -0.39 is 5.91 Å². The molecule has 1 heterocycles. The average molecular weight is 426 g/mol. The molecular weight excluding hydrogens is 400 g/mol. The molecule has 8 nitrogen and oxygen atoms in total. The summed E-state index contributed by atoms with van der Waals surface area (Å²) in [5.74, 6) is 0.940. The molecule has 0 saturated carbocycles. The first-order valence-corrected chi connectivity index (χ1v) is 9.82. The molecule has 8 heteroatoms. The summed E-state index contributed by atoms with van der Waals surface area (Å²) in [5, 5.41) is 2.76. The number of nitrogens with one attached hydrogen (secondary N) is 1. The van der Waals surface area contributed by atoms with E-state index in [-0.39, 0.29) is 11.6 Å². The van der Waals surface area contributed by atoms with Crippen molar-refractivity contribution in [2.24, 2.45) is 0 Å². The van der Waals surface area contributed by atoms with Gasteiger partial charge in [-0.2, -0.15) is 0 Å². The van der Waals surface area contributed by atoms with E-state index in [0.717, 1.165) is 5.56 Å². The molecule has 2 amide bonds. The number of amides is 2. The van der Waals surface area contributed by atoms with Crippen molar-refractivity contribution in [3.05, 3.63) is 59.3 Å². The fourth-order valence-corrected chi connectivity index (χ4v) is 3.13. The Kier molecular flexibility index (Phi) is 7.50. The van der Waals surface area contributed by atoms with Crippen LogP contribution in [0, 0.1) is 0 Å². The molecule has 3 rings (SSSR count). The van der Waals surface area contributed by atoms with Gasteiger partial charge in [0.15, 0.2) is 11.5 Å². The number of carbonyl (C=O) groups excluding carboxylic acids is 2. The van der Waals surface area contributed by atoms with Crippen LogP contribution in [0.15, 0.2) is 48.2 Å². The Bertz CT molecular complexity index is 949. The predicted molar refractivity (Wildman–Crippen MR) is 115 cm³/mol. The highest BCUT2D eigenvalue weighted by Gasteiger charge is 2.23. The molecule has 0 atom stereocenters. The van der Waals surface area contributed by atoms with E-state index in [2.05, 4.69) is 5.32 Å². The Morgan fingerprint density at radius 2 is 1.61 bits per heavy atom. The quantitative estimate of drug-likeness (QED) is 0.684. The maximum atomic E-state index is 13.1. The smallest absolute Gasteiger partial charge is 0.270 e. The number of carbonyl (C=O) groups is 2. The van der Waals surface area contributed by atoms with Crippen molar-refractivity contribution in [2.75, 3.05) is 47.6 Å². The number of rotatable bonds is 7. The van der Waals surface area contributed by atoms with Gasteiger partial charge in [-0.3, -0.25) is 9.59 Å². The lowest BCUT2D eigenvalue weighted by atomic mass is 10.1. The molecule has 2 aromatic carbocycles. The van der Waals surface area contributed by atoms with Crippen molar-refractivity contribution in [2.45, 2.75) is 0 Å². The van der Waals surface area contributed by atoms with Gasteiger partial charge in [-0.25, -0.2) is 0 Å². The Morgan fingerprint density at radius 3 is 2.23 bits per heavy atom. The second-order valence-corrected chi connectivity index (χ2v) is 6.76. The van der Waals surface area contributed by atoms with Crippen LogP contribution in [0.4, 0.5) is 0 Å². The van der Waals surface area contributed by atoms with Crippen molar-refractivity contribution in [1.29, 1.82) is 0 Å². The number of ether oxygens (including phenoxy) is 4. The highest BCUT2D eigenvalue weighted by Crippen LogP contribution is 2.27. The van der Waals surface area contributed by atoms with E-state index >= 15 is 0 Å². The fourth-order valence-electron chi connectivity index (χ4n) is 3.13. The minimum absolute atomic E-state index is 0.173. The van der Waals surface area contributed by atoms with E-state index in [0.29, 0.717) is 49.1 Å². The van der Waals surface area contributed by atoms with Crippen molar-refractivity contribution in [3.63, 3.8) is 0 Å². The molecule has 1 aliphatic heterocycles. The Labute approximate surface area is 181 Å². The third kappa shape index (κ3) is 5.55. The second-order valence-electron chi connectivity index (χ2n) is 6.76. The van der Waals surface area contributed by atoms with Gasteiger partial charge in [0.2, 0.25) is 0 Å². The van der Waals surface area contributed by atoms with Gasteiger partial charge in [0.1, 0.15) is 11.4 Å². The van der Waals surface area contributed by atoms with Crippen molar-refractivity contribution in [1.82, 2.24) is 10.2 Å². The monoisotopic (exact) mass is 426 g/mol. The van der Waals surface area contributed by atoms with Crippen LogP contribution in [0.1, 0.15) is 15.9 Å². The summed E-state index contributed by atoms with van der Waals surface area (Å²) in [6, 6.07) is 12.0. The lowest BCUT2D eigenvalue weighted by Crippen LogP contribution is -2.44. The van der Waals surface area contributed by atoms with Crippen LogP contribution in [0.2, 0.25) is 0 Å². The molecule has 0 aromatic heterocycles. The Hall–Kier alpha value is -3.52. The number of benzene rings is 2. The first kappa shape index (κ1) is 22.2. The number of hydrogen-bond donors (Lipinski definition) is 1. The third-order valence-electron chi connectivity index (χ3n) is 4.85. The zero-order valence-corrected chi connectivity index (χ0v) is 17.8. The summed E-state index contributed by atoms with van der Waals surface area (Å²) in [5.41, 5.74) is 1.27. The molecule has 164 valence electrons. The highest BCUT2D eigenvalue weighted by molar-refractivity contribution is 6.05. The molecule has 1 aliphatic rings.